The van der Waals surface area contributed by atoms with Gasteiger partial charge in [0, 0.05) is 0 Å². The molecule has 0 amide bonds. The van der Waals surface area contributed by atoms with Crippen molar-refractivity contribution in [1.29, 1.82) is 0 Å². The molecule has 0 rings (SSSR count). The van der Waals surface area contributed by atoms with E-state index in [1.807, 2.05) is 0 Å². The van der Waals surface area contributed by atoms with Crippen LogP contribution in [0, 0.1) is 0 Å². The van der Waals surface area contributed by atoms with E-state index >= 15 is 0 Å². The Morgan fingerprint density at radius 1 is 0.778 bits per heavy atom. The third kappa shape index (κ3) is 149. The van der Waals surface area contributed by atoms with Gasteiger partial charge in [0.25, 0.3) is 0 Å². The van der Waals surface area contributed by atoms with Crippen molar-refractivity contribution < 1.29 is 24.4 Å². The number of hydrogen-bond donors (Lipinski definition) is 4. The van der Waals surface area contributed by atoms with E-state index in [1.54, 1.807) is 0 Å². The first-order chi connectivity index (χ1) is 3.46. The van der Waals surface area contributed by atoms with Crippen molar-refractivity contribution in [2.75, 3.05) is 0 Å². The normalized spacial score (nSPS) is 7.78. The van der Waals surface area contributed by atoms with Crippen LogP contribution < -0.4 is 0 Å². The van der Waals surface area contributed by atoms with E-state index < -0.39 is 29.0 Å². The summed E-state index contributed by atoms with van der Waals surface area (Å²) in [5.41, 5.74) is 0. The number of hydrogen-bond acceptors (Lipinski definition) is 2. The summed E-state index contributed by atoms with van der Waals surface area (Å²) in [6.07, 6.45) is 0. The Morgan fingerprint density at radius 3 is 0.778 bits per heavy atom. The molecule has 0 aromatic rings. The van der Waals surface area contributed by atoms with E-state index in [-0.39, 0.29) is 51.4 Å². The predicted molar refractivity (Wildman–Crippen MR) is 28.9 cm³/mol. The third-order valence-electron chi connectivity index (χ3n) is 0. The van der Waals surface area contributed by atoms with E-state index in [0.717, 1.165) is 0 Å². The Balaban J connectivity index is -0.0000000720. The van der Waals surface area contributed by atoms with Gasteiger partial charge >= 0.3 is 105 Å². The fourth-order valence-electron chi connectivity index (χ4n) is 0. The molecule has 4 N–H and O–H groups in total. The second-order valence-electron chi connectivity index (χ2n) is 0.461. The Labute approximate surface area is 103 Å². The van der Waals surface area contributed by atoms with Crippen molar-refractivity contribution in [3.05, 3.63) is 0 Å². The fourth-order valence-corrected chi connectivity index (χ4v) is 0. The van der Waals surface area contributed by atoms with Gasteiger partial charge in [-0.25, -0.2) is 0 Å². The molecule has 9 heavy (non-hydrogen) atoms. The average Bonchev–Trinajstić information content (AvgIpc) is 1.25. The molecule has 0 saturated heterocycles. The molecule has 0 bridgehead atoms. The molecule has 0 spiro atoms. The quantitative estimate of drug-likeness (QED) is 0.340. The summed E-state index contributed by atoms with van der Waals surface area (Å²) in [7, 11) is 0. The summed E-state index contributed by atoms with van der Waals surface area (Å²) in [6.45, 7) is 0. The summed E-state index contributed by atoms with van der Waals surface area (Å²) in [5, 5.41) is 0. The molecule has 0 aromatic heterocycles. The van der Waals surface area contributed by atoms with Crippen LogP contribution in [-0.2, 0) is 7.67 Å². The summed E-state index contributed by atoms with van der Waals surface area (Å²) < 4.78 is 46.2. The van der Waals surface area contributed by atoms with Crippen LogP contribution in [0.5, 0.6) is 0 Å². The van der Waals surface area contributed by atoms with Crippen LogP contribution in [0.4, 0.5) is 0 Å². The molecule has 0 atom stereocenters. The van der Waals surface area contributed by atoms with Gasteiger partial charge in [-0.2, -0.15) is 0 Å². The minimum atomic E-state index is -3.29. The minimum absolute atomic E-state index is 0. The van der Waals surface area contributed by atoms with Gasteiger partial charge in [-0.3, -0.25) is 0 Å². The zero-order chi connectivity index (χ0) is 7.15. The summed E-state index contributed by atoms with van der Waals surface area (Å²) >= 11 is -6.58. The SMILES string of the molecule is O=[Se](O)O.O=[Se](O)O.[KH]. The Kier molecular flexibility index (Phi) is 24.5. The van der Waals surface area contributed by atoms with Gasteiger partial charge in [-0.1, -0.05) is 0 Å². The average molecular weight is 298 g/mol. The first-order valence-corrected chi connectivity index (χ1v) is 5.53. The molecule has 0 aliphatic heterocycles. The van der Waals surface area contributed by atoms with Crippen LogP contribution in [-0.4, -0.2) is 97.1 Å². The molecule has 0 saturated carbocycles. The first kappa shape index (κ1) is 17.3. The van der Waals surface area contributed by atoms with Gasteiger partial charge in [0.15, 0.2) is 0 Å². The Bertz CT molecular complexity index is 69.1. The molecule has 0 radical (unpaired) electrons. The van der Waals surface area contributed by atoms with Gasteiger partial charge in [0.2, 0.25) is 0 Å². The van der Waals surface area contributed by atoms with E-state index in [0.29, 0.717) is 0 Å². The summed E-state index contributed by atoms with van der Waals surface area (Å²) in [5.74, 6) is 0. The van der Waals surface area contributed by atoms with Crippen LogP contribution in [0.1, 0.15) is 0 Å². The zero-order valence-electron chi connectivity index (χ0n) is 3.42. The molecule has 6 nitrogen and oxygen atoms in total. The standard InChI is InChI=1S/K.2H2O3Se.H/c;2*1-4(2)3;/h;2*(H2,1,2,3);. The molecule has 0 aliphatic carbocycles. The zero-order valence-corrected chi connectivity index (χ0v) is 6.85. The van der Waals surface area contributed by atoms with Crippen molar-refractivity contribution in [3.63, 3.8) is 0 Å². The maximum atomic E-state index is 8.76. The van der Waals surface area contributed by atoms with E-state index in [2.05, 4.69) is 0 Å². The van der Waals surface area contributed by atoms with E-state index in [4.69, 9.17) is 24.4 Å². The third-order valence-corrected chi connectivity index (χ3v) is 0. The molecule has 0 fully saturated rings. The van der Waals surface area contributed by atoms with Crippen molar-refractivity contribution in [2.24, 2.45) is 0 Å². The second kappa shape index (κ2) is 12.8. The fraction of sp³-hybridized carbons (Fsp3) is 0. The Morgan fingerprint density at radius 2 is 0.778 bits per heavy atom. The summed E-state index contributed by atoms with van der Waals surface area (Å²) in [6, 6.07) is 0. The molecule has 0 aromatic carbocycles. The van der Waals surface area contributed by atoms with Gasteiger partial charge in [0.05, 0.1) is 0 Å². The Hall–Kier alpha value is 2.12. The van der Waals surface area contributed by atoms with Crippen LogP contribution in [0.25, 0.3) is 0 Å². The van der Waals surface area contributed by atoms with Crippen molar-refractivity contribution in [1.82, 2.24) is 0 Å². The molecular weight excluding hydrogens is 293 g/mol. The first-order valence-electron chi connectivity index (χ1n) is 1.06. The van der Waals surface area contributed by atoms with Gasteiger partial charge in [0.1, 0.15) is 0 Å². The van der Waals surface area contributed by atoms with Crippen LogP contribution in [0.3, 0.4) is 0 Å². The van der Waals surface area contributed by atoms with Crippen LogP contribution in [0.2, 0.25) is 0 Å². The van der Waals surface area contributed by atoms with Crippen LogP contribution in [0.15, 0.2) is 0 Å². The molecule has 0 unspecified atom stereocenters. The molecule has 9 heteroatoms. The van der Waals surface area contributed by atoms with Gasteiger partial charge < -0.3 is 0 Å². The van der Waals surface area contributed by atoms with Crippen LogP contribution >= 0.6 is 0 Å². The topological polar surface area (TPSA) is 115 Å². The summed E-state index contributed by atoms with van der Waals surface area (Å²) in [4.78, 5) is 0. The van der Waals surface area contributed by atoms with Crippen molar-refractivity contribution in [3.8, 4) is 0 Å². The van der Waals surface area contributed by atoms with E-state index in [9.17, 15) is 0 Å². The van der Waals surface area contributed by atoms with E-state index in [1.165, 1.54) is 0 Å². The van der Waals surface area contributed by atoms with Crippen molar-refractivity contribution >= 4 is 80.4 Å². The maximum absolute atomic E-state index is 8.76. The number of rotatable bonds is 0. The molecular formula is H5KO6Se2. The van der Waals surface area contributed by atoms with Gasteiger partial charge in [-0.15, -0.1) is 0 Å². The predicted octanol–water partition coefficient (Wildman–Crippen LogP) is -3.88. The molecule has 0 aliphatic rings. The molecule has 54 valence electrons. The van der Waals surface area contributed by atoms with Gasteiger partial charge in [-0.05, 0) is 0 Å². The second-order valence-corrected chi connectivity index (χ2v) is 2.40. The monoisotopic (exact) mass is 300 g/mol. The van der Waals surface area contributed by atoms with Crippen molar-refractivity contribution in [2.45, 2.75) is 0 Å². The molecule has 0 heterocycles.